The highest BCUT2D eigenvalue weighted by Gasteiger charge is 2.17. The first-order valence-electron chi connectivity index (χ1n) is 13.3. The third kappa shape index (κ3) is 6.55. The smallest absolute Gasteiger partial charge is 0.252 e. The minimum Gasteiger partial charge on any atom is -0.492 e. The van der Waals surface area contributed by atoms with E-state index in [-0.39, 0.29) is 11.9 Å². The molecule has 5 rings (SSSR count). The van der Waals surface area contributed by atoms with Gasteiger partial charge in [0.25, 0.3) is 5.91 Å². The van der Waals surface area contributed by atoms with Crippen molar-refractivity contribution in [2.75, 3.05) is 39.5 Å². The Bertz CT molecular complexity index is 1380. The maximum absolute atomic E-state index is 13.4. The van der Waals surface area contributed by atoms with E-state index in [0.717, 1.165) is 66.2 Å². The Balaban J connectivity index is 1.32. The van der Waals surface area contributed by atoms with Gasteiger partial charge >= 0.3 is 0 Å². The van der Waals surface area contributed by atoms with Gasteiger partial charge in [-0.1, -0.05) is 6.07 Å². The quantitative estimate of drug-likeness (QED) is 0.354. The standard InChI is InChI=1S/C30H36N6O3/c1-21-5-6-28(39-12-9-36-7-10-38-11-8-36)16-29(21)30(37)33-22(2)23-13-24(26-17-31-34(3)19-26)15-25(14-23)27-18-32-35(4)20-27/h5-6,13-20,22H,7-12H2,1-4H3,(H,33,37)/t22-/m1/s1. The van der Waals surface area contributed by atoms with Crippen LogP contribution in [0.3, 0.4) is 0 Å². The Morgan fingerprint density at radius 2 is 1.62 bits per heavy atom. The molecule has 1 aliphatic heterocycles. The van der Waals surface area contributed by atoms with E-state index < -0.39 is 0 Å². The van der Waals surface area contributed by atoms with Crippen LogP contribution in [0.1, 0.15) is 34.5 Å². The zero-order valence-electron chi connectivity index (χ0n) is 23.1. The lowest BCUT2D eigenvalue weighted by Gasteiger charge is -2.26. The minimum atomic E-state index is -0.227. The fraction of sp³-hybridized carbons (Fsp3) is 0.367. The molecule has 204 valence electrons. The second kappa shape index (κ2) is 11.8. The predicted octanol–water partition coefficient (Wildman–Crippen LogP) is 4.00. The highest BCUT2D eigenvalue weighted by atomic mass is 16.5. The van der Waals surface area contributed by atoms with Crippen molar-refractivity contribution in [1.29, 1.82) is 0 Å². The molecule has 4 aromatic rings. The fourth-order valence-corrected chi connectivity index (χ4v) is 4.79. The fourth-order valence-electron chi connectivity index (χ4n) is 4.79. The third-order valence-corrected chi connectivity index (χ3v) is 7.11. The number of benzene rings is 2. The molecule has 39 heavy (non-hydrogen) atoms. The number of nitrogens with zero attached hydrogens (tertiary/aromatic N) is 5. The maximum Gasteiger partial charge on any atom is 0.252 e. The Morgan fingerprint density at radius 1 is 0.974 bits per heavy atom. The van der Waals surface area contributed by atoms with E-state index in [4.69, 9.17) is 9.47 Å². The lowest BCUT2D eigenvalue weighted by atomic mass is 9.96. The number of rotatable bonds is 9. The predicted molar refractivity (Wildman–Crippen MR) is 151 cm³/mol. The average Bonchev–Trinajstić information content (AvgIpc) is 3.58. The van der Waals surface area contributed by atoms with Crippen LogP contribution < -0.4 is 10.1 Å². The monoisotopic (exact) mass is 528 g/mol. The lowest BCUT2D eigenvalue weighted by molar-refractivity contribution is 0.0322. The number of aryl methyl sites for hydroxylation is 3. The summed E-state index contributed by atoms with van der Waals surface area (Å²) >= 11 is 0. The van der Waals surface area contributed by atoms with Crippen LogP contribution in [0.25, 0.3) is 22.3 Å². The first kappa shape index (κ1) is 26.6. The molecule has 0 aliphatic carbocycles. The summed E-state index contributed by atoms with van der Waals surface area (Å²) in [4.78, 5) is 15.7. The second-order valence-corrected chi connectivity index (χ2v) is 10.1. The van der Waals surface area contributed by atoms with E-state index in [1.165, 1.54) is 0 Å². The zero-order chi connectivity index (χ0) is 27.4. The first-order valence-corrected chi connectivity index (χ1v) is 13.3. The van der Waals surface area contributed by atoms with Crippen molar-refractivity contribution in [1.82, 2.24) is 29.8 Å². The Morgan fingerprint density at radius 3 is 2.21 bits per heavy atom. The molecule has 0 saturated carbocycles. The lowest BCUT2D eigenvalue weighted by Crippen LogP contribution is -2.38. The van der Waals surface area contributed by atoms with Crippen molar-refractivity contribution in [3.8, 4) is 28.0 Å². The SMILES string of the molecule is Cc1ccc(OCCN2CCOCC2)cc1C(=O)N[C@H](C)c1cc(-c2cnn(C)c2)cc(-c2cnn(C)c2)c1. The molecule has 2 aromatic carbocycles. The Hall–Kier alpha value is -3.95. The van der Waals surface area contributed by atoms with E-state index in [1.54, 1.807) is 9.36 Å². The molecule has 1 aliphatic rings. The van der Waals surface area contributed by atoms with Crippen LogP contribution in [0, 0.1) is 6.92 Å². The van der Waals surface area contributed by atoms with E-state index in [9.17, 15) is 4.79 Å². The van der Waals surface area contributed by atoms with Crippen LogP contribution in [0.15, 0.2) is 61.2 Å². The largest absolute Gasteiger partial charge is 0.492 e. The van der Waals surface area contributed by atoms with Gasteiger partial charge in [0.2, 0.25) is 0 Å². The van der Waals surface area contributed by atoms with Crippen LogP contribution in [-0.2, 0) is 18.8 Å². The summed E-state index contributed by atoms with van der Waals surface area (Å²) in [5, 5.41) is 11.9. The molecule has 0 bridgehead atoms. The number of hydrogen-bond donors (Lipinski definition) is 1. The molecule has 1 saturated heterocycles. The van der Waals surface area contributed by atoms with Gasteiger partial charge in [-0.15, -0.1) is 0 Å². The molecule has 2 aromatic heterocycles. The summed E-state index contributed by atoms with van der Waals surface area (Å²) in [5.74, 6) is 0.567. The van der Waals surface area contributed by atoms with E-state index in [0.29, 0.717) is 17.9 Å². The molecular formula is C30H36N6O3. The number of nitrogens with one attached hydrogen (secondary N) is 1. The number of ether oxygens (including phenoxy) is 2. The minimum absolute atomic E-state index is 0.131. The highest BCUT2D eigenvalue weighted by Crippen LogP contribution is 2.30. The van der Waals surface area contributed by atoms with Gasteiger partial charge in [0.05, 0.1) is 31.6 Å². The van der Waals surface area contributed by atoms with Gasteiger partial charge in [0.1, 0.15) is 12.4 Å². The maximum atomic E-state index is 13.4. The molecule has 3 heterocycles. The molecule has 0 radical (unpaired) electrons. The van der Waals surface area contributed by atoms with Gasteiger partial charge in [-0.2, -0.15) is 10.2 Å². The van der Waals surface area contributed by atoms with Crippen LogP contribution in [-0.4, -0.2) is 69.8 Å². The summed E-state index contributed by atoms with van der Waals surface area (Å²) in [6, 6.07) is 11.8. The summed E-state index contributed by atoms with van der Waals surface area (Å²) in [7, 11) is 3.81. The third-order valence-electron chi connectivity index (χ3n) is 7.11. The molecule has 0 unspecified atom stereocenters. The van der Waals surface area contributed by atoms with Crippen LogP contribution in [0.2, 0.25) is 0 Å². The van der Waals surface area contributed by atoms with E-state index in [2.05, 4.69) is 38.6 Å². The van der Waals surface area contributed by atoms with Crippen LogP contribution in [0.4, 0.5) is 0 Å². The molecule has 1 amide bonds. The van der Waals surface area contributed by atoms with Crippen molar-refractivity contribution in [3.63, 3.8) is 0 Å². The van der Waals surface area contributed by atoms with Crippen molar-refractivity contribution < 1.29 is 14.3 Å². The van der Waals surface area contributed by atoms with Gasteiger partial charge in [0.15, 0.2) is 0 Å². The number of amides is 1. The van der Waals surface area contributed by atoms with Gasteiger partial charge in [-0.25, -0.2) is 0 Å². The molecule has 1 atom stereocenters. The topological polar surface area (TPSA) is 86.4 Å². The number of hydrogen-bond acceptors (Lipinski definition) is 6. The normalized spacial score (nSPS) is 14.8. The molecule has 0 spiro atoms. The number of carbonyl (C=O) groups is 1. The van der Waals surface area contributed by atoms with Crippen LogP contribution in [0.5, 0.6) is 5.75 Å². The molecule has 9 heteroatoms. The Labute approximate surface area is 229 Å². The second-order valence-electron chi connectivity index (χ2n) is 10.1. The van der Waals surface area contributed by atoms with Gasteiger partial charge in [0, 0.05) is 62.8 Å². The zero-order valence-corrected chi connectivity index (χ0v) is 23.1. The highest BCUT2D eigenvalue weighted by molar-refractivity contribution is 5.96. The summed E-state index contributed by atoms with van der Waals surface area (Å²) < 4.78 is 15.0. The van der Waals surface area contributed by atoms with Gasteiger partial charge in [-0.05, 0) is 66.4 Å². The number of carbonyl (C=O) groups excluding carboxylic acids is 1. The van der Waals surface area contributed by atoms with Crippen LogP contribution >= 0.6 is 0 Å². The summed E-state index contributed by atoms with van der Waals surface area (Å²) in [6.07, 6.45) is 7.68. The van der Waals surface area contributed by atoms with Crippen molar-refractivity contribution in [2.45, 2.75) is 19.9 Å². The summed E-state index contributed by atoms with van der Waals surface area (Å²) in [5.41, 5.74) is 6.61. The molecular weight excluding hydrogens is 492 g/mol. The van der Waals surface area contributed by atoms with E-state index in [1.807, 2.05) is 70.9 Å². The molecule has 9 nitrogen and oxygen atoms in total. The van der Waals surface area contributed by atoms with Crippen molar-refractivity contribution >= 4 is 5.91 Å². The number of morpholine rings is 1. The molecule has 1 fully saturated rings. The average molecular weight is 529 g/mol. The van der Waals surface area contributed by atoms with Crippen molar-refractivity contribution in [2.24, 2.45) is 14.1 Å². The van der Waals surface area contributed by atoms with Gasteiger partial charge in [-0.3, -0.25) is 19.1 Å². The Kier molecular flexibility index (Phi) is 8.09. The number of aromatic nitrogens is 4. The van der Waals surface area contributed by atoms with Gasteiger partial charge < -0.3 is 14.8 Å². The van der Waals surface area contributed by atoms with Crippen molar-refractivity contribution in [3.05, 3.63) is 77.9 Å². The molecule has 1 N–H and O–H groups in total. The summed E-state index contributed by atoms with van der Waals surface area (Å²) in [6.45, 7) is 8.73. The first-order chi connectivity index (χ1) is 18.9. The van der Waals surface area contributed by atoms with E-state index >= 15 is 0 Å².